The number of aryl methyl sites for hydroxylation is 1. The highest BCUT2D eigenvalue weighted by atomic mass is 32.1. The molecule has 24 heavy (non-hydrogen) atoms. The SMILES string of the molecule is CCn1c(=NC(=O)Cc2cccs2)sc2cc3c(cc21)OCCO3. The van der Waals surface area contributed by atoms with Crippen molar-refractivity contribution in [3.05, 3.63) is 39.3 Å². The highest BCUT2D eigenvalue weighted by Crippen LogP contribution is 2.35. The van der Waals surface area contributed by atoms with Crippen molar-refractivity contribution in [2.24, 2.45) is 4.99 Å². The van der Waals surface area contributed by atoms with E-state index in [4.69, 9.17) is 9.47 Å². The van der Waals surface area contributed by atoms with Crippen LogP contribution >= 0.6 is 22.7 Å². The van der Waals surface area contributed by atoms with E-state index < -0.39 is 0 Å². The first kappa shape index (κ1) is 15.4. The number of carbonyl (C=O) groups is 1. The van der Waals surface area contributed by atoms with Crippen LogP contribution in [0, 0.1) is 0 Å². The highest BCUT2D eigenvalue weighted by molar-refractivity contribution is 7.16. The Balaban J connectivity index is 1.77. The van der Waals surface area contributed by atoms with E-state index in [9.17, 15) is 4.79 Å². The fraction of sp³-hybridized carbons (Fsp3) is 0.294. The summed E-state index contributed by atoms with van der Waals surface area (Å²) in [7, 11) is 0. The van der Waals surface area contributed by atoms with Crippen LogP contribution < -0.4 is 14.3 Å². The van der Waals surface area contributed by atoms with Crippen LogP contribution in [0.2, 0.25) is 0 Å². The summed E-state index contributed by atoms with van der Waals surface area (Å²) >= 11 is 3.08. The molecule has 1 amide bonds. The fourth-order valence-electron chi connectivity index (χ4n) is 2.71. The Bertz CT molecular complexity index is 954. The lowest BCUT2D eigenvalue weighted by Crippen LogP contribution is -2.17. The molecule has 7 heteroatoms. The third kappa shape index (κ3) is 2.85. The summed E-state index contributed by atoms with van der Waals surface area (Å²) in [5, 5.41) is 1.97. The summed E-state index contributed by atoms with van der Waals surface area (Å²) in [6.45, 7) is 3.91. The molecule has 0 spiro atoms. The molecule has 124 valence electrons. The minimum atomic E-state index is -0.122. The number of fused-ring (bicyclic) bond motifs is 2. The van der Waals surface area contributed by atoms with Gasteiger partial charge in [-0.15, -0.1) is 11.3 Å². The van der Waals surface area contributed by atoms with E-state index in [1.807, 2.05) is 41.1 Å². The molecule has 1 aromatic carbocycles. The molecular formula is C17H16N2O3S2. The van der Waals surface area contributed by atoms with Gasteiger partial charge in [0, 0.05) is 23.6 Å². The molecule has 0 saturated carbocycles. The Hall–Kier alpha value is -2.12. The van der Waals surface area contributed by atoms with Crippen LogP contribution in [-0.2, 0) is 17.8 Å². The van der Waals surface area contributed by atoms with Crippen molar-refractivity contribution in [2.45, 2.75) is 19.9 Å². The number of hydrogen-bond donors (Lipinski definition) is 0. The van der Waals surface area contributed by atoms with Gasteiger partial charge in [-0.25, -0.2) is 0 Å². The van der Waals surface area contributed by atoms with Gasteiger partial charge in [-0.2, -0.15) is 4.99 Å². The Morgan fingerprint density at radius 3 is 2.79 bits per heavy atom. The second kappa shape index (κ2) is 6.41. The molecule has 0 N–H and O–H groups in total. The van der Waals surface area contributed by atoms with Crippen molar-refractivity contribution in [3.8, 4) is 11.5 Å². The zero-order valence-electron chi connectivity index (χ0n) is 13.2. The molecule has 1 aliphatic rings. The van der Waals surface area contributed by atoms with E-state index in [1.54, 1.807) is 11.3 Å². The molecule has 3 aromatic rings. The summed E-state index contributed by atoms with van der Waals surface area (Å²) in [6.07, 6.45) is 0.346. The van der Waals surface area contributed by atoms with Gasteiger partial charge in [-0.1, -0.05) is 17.4 Å². The lowest BCUT2D eigenvalue weighted by atomic mass is 10.2. The number of ether oxygens (including phenoxy) is 2. The number of amides is 1. The van der Waals surface area contributed by atoms with E-state index >= 15 is 0 Å². The third-order valence-corrected chi connectivity index (χ3v) is 5.71. The zero-order valence-corrected chi connectivity index (χ0v) is 14.8. The molecule has 3 heterocycles. The van der Waals surface area contributed by atoms with Crippen LogP contribution in [0.3, 0.4) is 0 Å². The highest BCUT2D eigenvalue weighted by Gasteiger charge is 2.16. The van der Waals surface area contributed by atoms with Crippen LogP contribution in [0.4, 0.5) is 0 Å². The smallest absolute Gasteiger partial charge is 0.253 e. The van der Waals surface area contributed by atoms with E-state index in [1.165, 1.54) is 11.3 Å². The first-order valence-corrected chi connectivity index (χ1v) is 9.47. The minimum Gasteiger partial charge on any atom is -0.486 e. The van der Waals surface area contributed by atoms with Gasteiger partial charge in [0.15, 0.2) is 16.3 Å². The van der Waals surface area contributed by atoms with Crippen molar-refractivity contribution in [2.75, 3.05) is 13.2 Å². The van der Waals surface area contributed by atoms with Crippen LogP contribution in [-0.4, -0.2) is 23.7 Å². The van der Waals surface area contributed by atoms with Crippen molar-refractivity contribution in [1.29, 1.82) is 0 Å². The van der Waals surface area contributed by atoms with Gasteiger partial charge in [0.2, 0.25) is 0 Å². The lowest BCUT2D eigenvalue weighted by molar-refractivity contribution is -0.117. The zero-order chi connectivity index (χ0) is 16.5. The number of thiophene rings is 1. The summed E-state index contributed by atoms with van der Waals surface area (Å²) in [5.74, 6) is 1.39. The third-order valence-electron chi connectivity index (χ3n) is 3.79. The van der Waals surface area contributed by atoms with Crippen LogP contribution in [0.1, 0.15) is 11.8 Å². The Morgan fingerprint density at radius 2 is 2.08 bits per heavy atom. The van der Waals surface area contributed by atoms with Crippen LogP contribution in [0.15, 0.2) is 34.6 Å². The molecule has 0 aliphatic carbocycles. The van der Waals surface area contributed by atoms with Crippen LogP contribution in [0.25, 0.3) is 10.2 Å². The van der Waals surface area contributed by atoms with Crippen molar-refractivity contribution < 1.29 is 14.3 Å². The first-order chi connectivity index (χ1) is 11.7. The molecule has 0 saturated heterocycles. The Kier molecular flexibility index (Phi) is 4.12. The van der Waals surface area contributed by atoms with Gasteiger partial charge in [0.25, 0.3) is 5.91 Å². The van der Waals surface area contributed by atoms with Gasteiger partial charge in [-0.05, 0) is 18.4 Å². The minimum absolute atomic E-state index is 0.122. The lowest BCUT2D eigenvalue weighted by Gasteiger charge is -2.18. The first-order valence-electron chi connectivity index (χ1n) is 7.77. The average Bonchev–Trinajstić information content (AvgIpc) is 3.19. The van der Waals surface area contributed by atoms with Gasteiger partial charge >= 0.3 is 0 Å². The normalized spacial score (nSPS) is 14.3. The van der Waals surface area contributed by atoms with E-state index in [0.717, 1.165) is 37.9 Å². The second-order valence-electron chi connectivity index (χ2n) is 5.35. The number of nitrogens with zero attached hydrogens (tertiary/aromatic N) is 2. The predicted molar refractivity (Wildman–Crippen MR) is 95.1 cm³/mol. The van der Waals surface area contributed by atoms with Gasteiger partial charge in [0.05, 0.1) is 16.6 Å². The van der Waals surface area contributed by atoms with Crippen molar-refractivity contribution in [3.63, 3.8) is 0 Å². The summed E-state index contributed by atoms with van der Waals surface area (Å²) in [6, 6.07) is 7.86. The van der Waals surface area contributed by atoms with Gasteiger partial charge in [-0.3, -0.25) is 4.79 Å². The van der Waals surface area contributed by atoms with Crippen molar-refractivity contribution >= 4 is 38.8 Å². The maximum atomic E-state index is 12.3. The standard InChI is InChI=1S/C17H16N2O3S2/c1-2-19-12-9-13-14(22-6-5-21-13)10-15(12)24-17(19)18-16(20)8-11-4-3-7-23-11/h3-4,7,9-10H,2,5-6,8H2,1H3. The van der Waals surface area contributed by atoms with Gasteiger partial charge in [0.1, 0.15) is 13.2 Å². The number of hydrogen-bond acceptors (Lipinski definition) is 5. The van der Waals surface area contributed by atoms with E-state index in [-0.39, 0.29) is 5.91 Å². The number of rotatable bonds is 3. The molecule has 1 aliphatic heterocycles. The molecule has 0 fully saturated rings. The maximum Gasteiger partial charge on any atom is 0.253 e. The number of thiazole rings is 1. The molecule has 4 rings (SSSR count). The quantitative estimate of drug-likeness (QED) is 0.721. The molecule has 0 unspecified atom stereocenters. The van der Waals surface area contributed by atoms with Crippen LogP contribution in [0.5, 0.6) is 11.5 Å². The largest absolute Gasteiger partial charge is 0.486 e. The molecule has 5 nitrogen and oxygen atoms in total. The predicted octanol–water partition coefficient (Wildman–Crippen LogP) is 3.23. The van der Waals surface area contributed by atoms with E-state index in [0.29, 0.717) is 19.6 Å². The maximum absolute atomic E-state index is 12.3. The molecule has 0 bridgehead atoms. The fourth-order valence-corrected chi connectivity index (χ4v) is 4.52. The number of carbonyl (C=O) groups excluding carboxylic acids is 1. The Morgan fingerprint density at radius 1 is 1.29 bits per heavy atom. The average molecular weight is 360 g/mol. The molecule has 2 aromatic heterocycles. The summed E-state index contributed by atoms with van der Waals surface area (Å²) in [4.78, 5) is 18.4. The van der Waals surface area contributed by atoms with Crippen molar-refractivity contribution in [1.82, 2.24) is 4.57 Å². The topological polar surface area (TPSA) is 52.8 Å². The summed E-state index contributed by atoms with van der Waals surface area (Å²) in [5.41, 5.74) is 1.02. The monoisotopic (exact) mass is 360 g/mol. The molecular weight excluding hydrogens is 344 g/mol. The summed E-state index contributed by atoms with van der Waals surface area (Å²) < 4.78 is 14.4. The number of aromatic nitrogens is 1. The molecule has 0 radical (unpaired) electrons. The number of benzene rings is 1. The Labute approximate surface area is 146 Å². The second-order valence-corrected chi connectivity index (χ2v) is 7.40. The van der Waals surface area contributed by atoms with E-state index in [2.05, 4.69) is 4.99 Å². The van der Waals surface area contributed by atoms with Gasteiger partial charge < -0.3 is 14.0 Å². The molecule has 0 atom stereocenters.